The molecule has 6 rings (SSSR count). The maximum atomic E-state index is 13.7. The van der Waals surface area contributed by atoms with Crippen LogP contribution in [0.15, 0.2) is 140 Å². The Bertz CT molecular complexity index is 1700. The van der Waals surface area contributed by atoms with Gasteiger partial charge in [-0.3, -0.25) is 0 Å². The van der Waals surface area contributed by atoms with E-state index in [-0.39, 0.29) is 30.2 Å². The van der Waals surface area contributed by atoms with Gasteiger partial charge in [0.1, 0.15) is 0 Å². The van der Waals surface area contributed by atoms with E-state index in [0.717, 1.165) is 27.0 Å². The Balaban J connectivity index is 1.58. The molecule has 0 saturated carbocycles. The molecule has 1 fully saturated rings. The molecule has 1 unspecified atom stereocenters. The van der Waals surface area contributed by atoms with E-state index in [1.54, 1.807) is 17.0 Å². The topological polar surface area (TPSA) is 63.4 Å². The van der Waals surface area contributed by atoms with E-state index in [1.807, 2.05) is 91.9 Å². The van der Waals surface area contributed by atoms with E-state index in [4.69, 9.17) is 11.2 Å². The van der Waals surface area contributed by atoms with Crippen LogP contribution in [-0.4, -0.2) is 17.4 Å². The van der Waals surface area contributed by atoms with Gasteiger partial charge in [-0.1, -0.05) is 0 Å². The molecule has 1 saturated heterocycles. The first-order valence-electron chi connectivity index (χ1n) is 14.8. The Hall–Kier alpha value is -4.31. The van der Waals surface area contributed by atoms with Gasteiger partial charge in [-0.2, -0.15) is 0 Å². The average Bonchev–Trinajstić information content (AvgIpc) is 3.07. The number of nitrogens with zero attached hydrogens (tertiary/aromatic N) is 2. The van der Waals surface area contributed by atoms with Crippen molar-refractivity contribution in [2.45, 2.75) is 31.5 Å². The third kappa shape index (κ3) is 4.91. The molecular formula is C37H34ClN2O3P. The Labute approximate surface area is 263 Å². The van der Waals surface area contributed by atoms with Gasteiger partial charge in [-0.25, -0.2) is 0 Å². The van der Waals surface area contributed by atoms with Crippen LogP contribution in [0.1, 0.15) is 29.5 Å². The van der Waals surface area contributed by atoms with Crippen LogP contribution in [0, 0.1) is 17.0 Å². The summed E-state index contributed by atoms with van der Waals surface area (Å²) in [7, 11) is 0. The Kier molecular flexibility index (Phi) is 7.88. The summed E-state index contributed by atoms with van der Waals surface area (Å²) in [4.78, 5) is 27.9. The monoisotopic (exact) mass is 620 g/mol. The van der Waals surface area contributed by atoms with Crippen molar-refractivity contribution in [1.82, 2.24) is 0 Å². The van der Waals surface area contributed by atoms with Gasteiger partial charge < -0.3 is 0 Å². The van der Waals surface area contributed by atoms with Crippen LogP contribution in [-0.2, 0) is 16.5 Å². The molecule has 0 aromatic heterocycles. The Morgan fingerprint density at radius 2 is 1.25 bits per heavy atom. The number of aryl methyl sites for hydroxylation is 1. The van der Waals surface area contributed by atoms with Crippen LogP contribution in [0.25, 0.3) is 0 Å². The molecule has 44 heavy (non-hydrogen) atoms. The van der Waals surface area contributed by atoms with Gasteiger partial charge in [0, 0.05) is 0 Å². The molecule has 222 valence electrons. The van der Waals surface area contributed by atoms with Gasteiger partial charge in [-0.15, -0.1) is 0 Å². The molecule has 1 aliphatic rings. The van der Waals surface area contributed by atoms with Crippen molar-refractivity contribution in [2.75, 3.05) is 11.4 Å². The molecule has 1 heterocycles. The number of benzene rings is 5. The van der Waals surface area contributed by atoms with Crippen molar-refractivity contribution >= 4 is 44.7 Å². The molecule has 1 atom stereocenters. The summed E-state index contributed by atoms with van der Waals surface area (Å²) >= 11 is 8.43. The fourth-order valence-electron chi connectivity index (χ4n) is 6.70. The van der Waals surface area contributed by atoms with Crippen LogP contribution in [0.2, 0.25) is 0 Å². The number of carbonyl (C=O) groups is 1. The molecule has 0 N–H and O–H groups in total. The zero-order valence-electron chi connectivity index (χ0n) is 24.6. The Morgan fingerprint density at radius 3 is 1.73 bits per heavy atom. The number of amides is 1. The first-order valence-corrected chi connectivity index (χ1v) is 18.1. The number of hydrogen-bond acceptors (Lipinski definition) is 3. The zero-order valence-corrected chi connectivity index (χ0v) is 26.2. The van der Waals surface area contributed by atoms with Crippen LogP contribution < -0.4 is 20.8 Å². The molecule has 1 aliphatic heterocycles. The van der Waals surface area contributed by atoms with E-state index in [2.05, 4.69) is 42.5 Å². The van der Waals surface area contributed by atoms with Crippen molar-refractivity contribution in [3.8, 4) is 0 Å². The summed E-state index contributed by atoms with van der Waals surface area (Å²) in [5.74, 6) is -3.88. The van der Waals surface area contributed by atoms with Crippen molar-refractivity contribution < 1.29 is 9.72 Å². The number of piperidine rings is 1. The van der Waals surface area contributed by atoms with Gasteiger partial charge in [0.25, 0.3) is 0 Å². The van der Waals surface area contributed by atoms with E-state index >= 15 is 0 Å². The van der Waals surface area contributed by atoms with Gasteiger partial charge in [-0.05, 0) is 0 Å². The molecule has 0 radical (unpaired) electrons. The van der Waals surface area contributed by atoms with Crippen molar-refractivity contribution in [3.63, 3.8) is 0 Å². The summed E-state index contributed by atoms with van der Waals surface area (Å²) < 4.78 is 0. The summed E-state index contributed by atoms with van der Waals surface area (Å²) in [6.07, 6.45) is 0.639. The predicted octanol–water partition coefficient (Wildman–Crippen LogP) is 7.48. The molecular weight excluding hydrogens is 587 g/mol. The first kappa shape index (κ1) is 29.7. The summed E-state index contributed by atoms with van der Waals surface area (Å²) in [5.41, 5.74) is 1.76. The number of carbonyl (C=O) groups excluding carboxylic acids is 1. The zero-order chi connectivity index (χ0) is 30.8. The second-order valence-corrected chi connectivity index (χ2v) is 18.1. The van der Waals surface area contributed by atoms with Crippen molar-refractivity contribution in [1.29, 1.82) is 0 Å². The summed E-state index contributed by atoms with van der Waals surface area (Å²) in [6, 6.07) is 45.7. The molecule has 5 aromatic carbocycles. The second kappa shape index (κ2) is 11.6. The van der Waals surface area contributed by atoms with Gasteiger partial charge >= 0.3 is 264 Å². The molecule has 7 heteroatoms. The SMILES string of the molecule is Cc1ccc(N2CC(c3ccccc3)([N+](=O)[O-])CCC2=O)c(CP(Cl)(c2ccccc2)(c2ccccc2)c2ccccc2)c1. The van der Waals surface area contributed by atoms with Crippen molar-refractivity contribution in [3.05, 3.63) is 166 Å². The fourth-order valence-corrected chi connectivity index (χ4v) is 12.8. The third-order valence-electron chi connectivity index (χ3n) is 9.01. The van der Waals surface area contributed by atoms with E-state index in [9.17, 15) is 14.9 Å². The second-order valence-electron chi connectivity index (χ2n) is 11.6. The number of anilines is 1. The molecule has 0 bridgehead atoms. The average molecular weight is 621 g/mol. The normalized spacial score (nSPS) is 17.9. The van der Waals surface area contributed by atoms with Gasteiger partial charge in [0.05, 0.1) is 0 Å². The number of rotatable bonds is 8. The minimum atomic E-state index is -3.76. The van der Waals surface area contributed by atoms with E-state index in [0.29, 0.717) is 17.4 Å². The minimum absolute atomic E-state index is 0.0564. The number of hydrogen-bond donors (Lipinski definition) is 0. The standard InChI is InChI=1S/C37H34ClN2O3P/c1-29-22-23-35(39-28-37(40(42)43,25-24-36(39)41)31-14-6-2-7-15-31)30(26-29)27-44(38,32-16-8-3-9-17-32,33-18-10-4-11-19-33)34-20-12-5-13-21-34/h2-23,26H,24-25,27-28H2,1H3. The van der Waals surface area contributed by atoms with E-state index in [1.165, 1.54) is 0 Å². The summed E-state index contributed by atoms with van der Waals surface area (Å²) in [5, 5.41) is 15.8. The fraction of sp³-hybridized carbons (Fsp3) is 0.162. The maximum absolute atomic E-state index is 13.7. The molecule has 5 aromatic rings. The summed E-state index contributed by atoms with van der Waals surface area (Å²) in [6.45, 7) is 1.96. The predicted molar refractivity (Wildman–Crippen MR) is 183 cm³/mol. The van der Waals surface area contributed by atoms with Gasteiger partial charge in [0.15, 0.2) is 0 Å². The van der Waals surface area contributed by atoms with Gasteiger partial charge in [0.2, 0.25) is 0 Å². The molecule has 0 aliphatic carbocycles. The number of halogens is 1. The first-order chi connectivity index (χ1) is 21.3. The quantitative estimate of drug-likeness (QED) is 0.103. The van der Waals surface area contributed by atoms with Crippen molar-refractivity contribution in [2.24, 2.45) is 0 Å². The van der Waals surface area contributed by atoms with Crippen LogP contribution in [0.4, 0.5) is 5.69 Å². The Morgan fingerprint density at radius 1 is 0.773 bits per heavy atom. The van der Waals surface area contributed by atoms with Crippen LogP contribution >= 0.6 is 17.2 Å². The third-order valence-corrected chi connectivity index (χ3v) is 16.2. The number of nitro groups is 1. The molecule has 1 amide bonds. The molecule has 0 spiro atoms. The molecule has 5 nitrogen and oxygen atoms in total. The van der Waals surface area contributed by atoms with Crippen LogP contribution in [0.3, 0.4) is 0 Å². The van der Waals surface area contributed by atoms with Crippen LogP contribution in [0.5, 0.6) is 0 Å². The van der Waals surface area contributed by atoms with E-state index < -0.39 is 11.5 Å².